The second kappa shape index (κ2) is 12.7. The maximum absolute atomic E-state index is 13.3. The predicted molar refractivity (Wildman–Crippen MR) is 168 cm³/mol. The third kappa shape index (κ3) is 6.02. The summed E-state index contributed by atoms with van der Waals surface area (Å²) in [4.78, 5) is 26.0. The molecule has 0 bridgehead atoms. The smallest absolute Gasteiger partial charge is 0.306 e. The number of ether oxygens (including phenoxy) is 4. The van der Waals surface area contributed by atoms with Crippen LogP contribution in [0, 0.1) is 0 Å². The van der Waals surface area contributed by atoms with E-state index < -0.39 is 23.1 Å². The van der Waals surface area contributed by atoms with Crippen molar-refractivity contribution in [3.05, 3.63) is 111 Å². The first-order valence-corrected chi connectivity index (χ1v) is 14.6. The molecule has 1 aliphatic rings. The van der Waals surface area contributed by atoms with Crippen LogP contribution in [0.3, 0.4) is 0 Å². The zero-order chi connectivity index (χ0) is 31.5. The van der Waals surface area contributed by atoms with Crippen LogP contribution in [0.15, 0.2) is 88.1 Å². The molecule has 0 amide bonds. The van der Waals surface area contributed by atoms with Gasteiger partial charge >= 0.3 is 5.97 Å². The first-order valence-electron chi connectivity index (χ1n) is 14.6. The largest absolute Gasteiger partial charge is 0.507 e. The van der Waals surface area contributed by atoms with Gasteiger partial charge in [-0.2, -0.15) is 0 Å². The fraction of sp³-hybridized carbons (Fsp3) is 0.222. The lowest BCUT2D eigenvalue weighted by atomic mass is 9.86. The van der Waals surface area contributed by atoms with Gasteiger partial charge in [0.05, 0.1) is 33.9 Å². The van der Waals surface area contributed by atoms with Gasteiger partial charge in [0.25, 0.3) is 0 Å². The van der Waals surface area contributed by atoms with E-state index in [0.717, 1.165) is 23.8 Å². The van der Waals surface area contributed by atoms with E-state index in [4.69, 9.17) is 23.4 Å². The summed E-state index contributed by atoms with van der Waals surface area (Å²) < 4.78 is 28.6. The molecule has 5 aromatic rings. The summed E-state index contributed by atoms with van der Waals surface area (Å²) in [5.41, 5.74) is 3.15. The molecule has 1 aromatic heterocycles. The van der Waals surface area contributed by atoms with Crippen LogP contribution in [-0.2, 0) is 22.4 Å². The van der Waals surface area contributed by atoms with E-state index in [1.165, 1.54) is 25.8 Å². The SMILES string of the molecule is COC(=O)C[C@@H](c1ccc(OCCc2ccc3c(c2)CCO3)c(OC)c1)c1c(O)cc(O)c2c(=O)cc(-c3ccccc3)oc12. The van der Waals surface area contributed by atoms with Crippen molar-refractivity contribution >= 4 is 16.9 Å². The highest BCUT2D eigenvalue weighted by atomic mass is 16.5. The van der Waals surface area contributed by atoms with Crippen LogP contribution in [0.4, 0.5) is 0 Å². The Balaban J connectivity index is 1.38. The van der Waals surface area contributed by atoms with E-state index in [-0.39, 0.29) is 34.5 Å². The molecule has 6 rings (SSSR count). The number of carbonyl (C=O) groups is 1. The number of phenolic OH excluding ortho intramolecular Hbond substituents is 2. The zero-order valence-corrected chi connectivity index (χ0v) is 24.9. The highest BCUT2D eigenvalue weighted by Gasteiger charge is 2.29. The number of esters is 1. The molecule has 0 fully saturated rings. The summed E-state index contributed by atoms with van der Waals surface area (Å²) in [7, 11) is 2.79. The van der Waals surface area contributed by atoms with Gasteiger partial charge < -0.3 is 33.6 Å². The molecule has 0 aliphatic carbocycles. The Bertz CT molecular complexity index is 1930. The van der Waals surface area contributed by atoms with E-state index in [1.807, 2.05) is 18.2 Å². The molecule has 2 N–H and O–H groups in total. The predicted octanol–water partition coefficient (Wildman–Crippen LogP) is 6.13. The van der Waals surface area contributed by atoms with Gasteiger partial charge in [-0.05, 0) is 34.9 Å². The average molecular weight is 609 g/mol. The van der Waals surface area contributed by atoms with E-state index in [1.54, 1.807) is 42.5 Å². The molecule has 9 nitrogen and oxygen atoms in total. The van der Waals surface area contributed by atoms with Crippen LogP contribution in [-0.4, -0.2) is 43.6 Å². The minimum absolute atomic E-state index is 0.0354. The Kier molecular flexibility index (Phi) is 8.33. The Morgan fingerprint density at radius 2 is 1.76 bits per heavy atom. The lowest BCUT2D eigenvalue weighted by Gasteiger charge is -2.21. The van der Waals surface area contributed by atoms with Crippen LogP contribution >= 0.6 is 0 Å². The molecule has 0 spiro atoms. The summed E-state index contributed by atoms with van der Waals surface area (Å²) in [6, 6.07) is 22.7. The van der Waals surface area contributed by atoms with Crippen molar-refractivity contribution in [3.8, 4) is 40.1 Å². The van der Waals surface area contributed by atoms with Gasteiger partial charge in [0.1, 0.15) is 34.0 Å². The maximum Gasteiger partial charge on any atom is 0.306 e. The number of aromatic hydroxyl groups is 2. The van der Waals surface area contributed by atoms with Crippen LogP contribution in [0.2, 0.25) is 0 Å². The quantitative estimate of drug-likeness (QED) is 0.180. The summed E-state index contributed by atoms with van der Waals surface area (Å²) >= 11 is 0. The molecule has 0 radical (unpaired) electrons. The van der Waals surface area contributed by atoms with Crippen molar-refractivity contribution in [1.82, 2.24) is 0 Å². The van der Waals surface area contributed by atoms with Crippen LogP contribution in [0.25, 0.3) is 22.3 Å². The average Bonchev–Trinajstić information content (AvgIpc) is 3.52. The lowest BCUT2D eigenvalue weighted by Crippen LogP contribution is -2.13. The van der Waals surface area contributed by atoms with Gasteiger partial charge in [-0.3, -0.25) is 9.59 Å². The molecule has 0 saturated heterocycles. The highest BCUT2D eigenvalue weighted by molar-refractivity contribution is 5.90. The van der Waals surface area contributed by atoms with Crippen LogP contribution in [0.1, 0.15) is 34.6 Å². The number of hydrogen-bond donors (Lipinski definition) is 2. The van der Waals surface area contributed by atoms with E-state index in [2.05, 4.69) is 6.07 Å². The van der Waals surface area contributed by atoms with Crippen LogP contribution < -0.4 is 19.6 Å². The number of hydrogen-bond acceptors (Lipinski definition) is 9. The second-order valence-corrected chi connectivity index (χ2v) is 10.8. The molecule has 9 heteroatoms. The van der Waals surface area contributed by atoms with Gasteiger partial charge in [0.2, 0.25) is 0 Å². The van der Waals surface area contributed by atoms with E-state index in [0.29, 0.717) is 42.3 Å². The topological polar surface area (TPSA) is 125 Å². The normalized spacial score (nSPS) is 12.8. The van der Waals surface area contributed by atoms with E-state index in [9.17, 15) is 19.8 Å². The summed E-state index contributed by atoms with van der Waals surface area (Å²) in [6.07, 6.45) is 1.38. The molecule has 4 aromatic carbocycles. The van der Waals surface area contributed by atoms with Gasteiger partial charge in [-0.25, -0.2) is 0 Å². The van der Waals surface area contributed by atoms with Crippen molar-refractivity contribution in [2.24, 2.45) is 0 Å². The monoisotopic (exact) mass is 608 g/mol. The molecular weight excluding hydrogens is 576 g/mol. The summed E-state index contributed by atoms with van der Waals surface area (Å²) in [5.74, 6) is -0.0868. The number of fused-ring (bicyclic) bond motifs is 2. The van der Waals surface area contributed by atoms with E-state index >= 15 is 0 Å². The number of carbonyl (C=O) groups excluding carboxylic acids is 1. The van der Waals surface area contributed by atoms with Gasteiger partial charge in [-0.15, -0.1) is 0 Å². The van der Waals surface area contributed by atoms with Gasteiger partial charge in [0.15, 0.2) is 16.9 Å². The molecular formula is C36H32O9. The third-order valence-corrected chi connectivity index (χ3v) is 8.00. The van der Waals surface area contributed by atoms with Crippen molar-refractivity contribution in [1.29, 1.82) is 0 Å². The second-order valence-electron chi connectivity index (χ2n) is 10.8. The van der Waals surface area contributed by atoms with Crippen molar-refractivity contribution < 1.29 is 38.4 Å². The highest BCUT2D eigenvalue weighted by Crippen LogP contribution is 2.44. The Morgan fingerprint density at radius 3 is 2.53 bits per heavy atom. The molecule has 1 aliphatic heterocycles. The van der Waals surface area contributed by atoms with Crippen LogP contribution in [0.5, 0.6) is 28.7 Å². The molecule has 45 heavy (non-hydrogen) atoms. The molecule has 2 heterocycles. The molecule has 0 saturated carbocycles. The van der Waals surface area contributed by atoms with Crippen molar-refractivity contribution in [2.45, 2.75) is 25.2 Å². The van der Waals surface area contributed by atoms with Crippen molar-refractivity contribution in [2.75, 3.05) is 27.4 Å². The standard InChI is InChI=1S/C36H32O9/c1-41-32-17-23(9-11-30(32)44-14-12-21-8-10-29-24(16-21)13-15-43-29)25(18-33(40)42-2)34-26(37)19-27(38)35-28(39)20-31(45-36(34)35)22-6-4-3-5-7-22/h3-11,16-17,19-20,25,37-38H,12-15,18H2,1-2H3/t25-/m0/s1. The van der Waals surface area contributed by atoms with Gasteiger partial charge in [0, 0.05) is 42.0 Å². The molecule has 230 valence electrons. The Morgan fingerprint density at radius 1 is 0.933 bits per heavy atom. The Hall–Kier alpha value is -5.44. The fourth-order valence-corrected chi connectivity index (χ4v) is 5.73. The van der Waals surface area contributed by atoms with Crippen molar-refractivity contribution in [3.63, 3.8) is 0 Å². The number of rotatable bonds is 10. The zero-order valence-electron chi connectivity index (χ0n) is 24.9. The number of benzene rings is 4. The first-order chi connectivity index (χ1) is 21.9. The third-order valence-electron chi connectivity index (χ3n) is 8.00. The molecule has 1 atom stereocenters. The molecule has 0 unspecified atom stereocenters. The minimum atomic E-state index is -0.841. The maximum atomic E-state index is 13.3. The first kappa shape index (κ1) is 29.6. The fourth-order valence-electron chi connectivity index (χ4n) is 5.73. The summed E-state index contributed by atoms with van der Waals surface area (Å²) in [5, 5.41) is 21.8. The van der Waals surface area contributed by atoms with Gasteiger partial charge in [-0.1, -0.05) is 48.5 Å². The lowest BCUT2D eigenvalue weighted by molar-refractivity contribution is -0.140. The number of phenols is 2. The minimum Gasteiger partial charge on any atom is -0.507 e. The Labute approximate surface area is 259 Å². The summed E-state index contributed by atoms with van der Waals surface area (Å²) in [6.45, 7) is 1.10. The number of methoxy groups -OCH3 is 2.